The minimum absolute atomic E-state index is 0.0718. The quantitative estimate of drug-likeness (QED) is 0.790. The van der Waals surface area contributed by atoms with Gasteiger partial charge in [0.05, 0.1) is 5.92 Å². The molecule has 0 aliphatic heterocycles. The first-order valence-corrected chi connectivity index (χ1v) is 7.20. The maximum atomic E-state index is 12.1. The minimum Gasteiger partial charge on any atom is -0.356 e. The third-order valence-corrected chi connectivity index (χ3v) is 4.52. The van der Waals surface area contributed by atoms with Crippen molar-refractivity contribution in [1.29, 1.82) is 0 Å². The maximum absolute atomic E-state index is 12.1. The van der Waals surface area contributed by atoms with Gasteiger partial charge < -0.3 is 11.1 Å². The molecule has 3 heteroatoms. The largest absolute Gasteiger partial charge is 0.356 e. The number of amides is 1. The van der Waals surface area contributed by atoms with E-state index in [4.69, 9.17) is 5.73 Å². The molecule has 1 amide bonds. The van der Waals surface area contributed by atoms with E-state index in [1.165, 1.54) is 25.7 Å². The summed E-state index contributed by atoms with van der Waals surface area (Å²) in [5, 5.41) is 3.13. The Morgan fingerprint density at radius 2 is 2.00 bits per heavy atom. The third kappa shape index (κ3) is 3.44. The highest BCUT2D eigenvalue weighted by Crippen LogP contribution is 2.30. The normalized spacial score (nSPS) is 38.0. The van der Waals surface area contributed by atoms with Crippen LogP contribution in [-0.4, -0.2) is 18.5 Å². The monoisotopic (exact) mass is 238 g/mol. The van der Waals surface area contributed by atoms with Crippen molar-refractivity contribution < 1.29 is 4.79 Å². The predicted molar refractivity (Wildman–Crippen MR) is 69.4 cm³/mol. The van der Waals surface area contributed by atoms with Gasteiger partial charge >= 0.3 is 0 Å². The summed E-state index contributed by atoms with van der Waals surface area (Å²) in [6.45, 7) is 3.17. The van der Waals surface area contributed by atoms with Gasteiger partial charge in [0.1, 0.15) is 0 Å². The van der Waals surface area contributed by atoms with Gasteiger partial charge in [-0.15, -0.1) is 0 Å². The molecule has 98 valence electrons. The van der Waals surface area contributed by atoms with Gasteiger partial charge in [-0.2, -0.15) is 0 Å². The molecule has 0 spiro atoms. The second-order valence-electron chi connectivity index (χ2n) is 6.08. The number of carbonyl (C=O) groups is 1. The molecule has 0 aromatic heterocycles. The lowest BCUT2D eigenvalue weighted by Crippen LogP contribution is -2.44. The van der Waals surface area contributed by atoms with E-state index < -0.39 is 0 Å². The predicted octanol–water partition coefficient (Wildman–Crippen LogP) is 2.06. The zero-order valence-electron chi connectivity index (χ0n) is 11.0. The topological polar surface area (TPSA) is 55.1 Å². The molecular weight excluding hydrogens is 212 g/mol. The Bertz CT molecular complexity index is 267. The first kappa shape index (κ1) is 12.9. The summed E-state index contributed by atoms with van der Waals surface area (Å²) in [6.07, 6.45) is 8.21. The highest BCUT2D eigenvalue weighted by atomic mass is 16.1. The molecule has 3 nitrogen and oxygen atoms in total. The summed E-state index contributed by atoms with van der Waals surface area (Å²) in [5.74, 6) is 1.82. The van der Waals surface area contributed by atoms with Crippen molar-refractivity contribution in [1.82, 2.24) is 5.32 Å². The molecule has 0 radical (unpaired) electrons. The third-order valence-electron chi connectivity index (χ3n) is 4.52. The number of rotatable bonds is 3. The number of hydrogen-bond acceptors (Lipinski definition) is 2. The van der Waals surface area contributed by atoms with Gasteiger partial charge in [0, 0.05) is 12.6 Å². The molecule has 2 aliphatic rings. The molecule has 17 heavy (non-hydrogen) atoms. The summed E-state index contributed by atoms with van der Waals surface area (Å²) in [6, 6.07) is 0.0891. The fraction of sp³-hybridized carbons (Fsp3) is 0.929. The Hall–Kier alpha value is -0.570. The number of carbonyl (C=O) groups excluding carboxylic acids is 1. The fourth-order valence-electron chi connectivity index (χ4n) is 3.37. The second kappa shape index (κ2) is 5.85. The van der Waals surface area contributed by atoms with Crippen LogP contribution in [-0.2, 0) is 4.79 Å². The zero-order chi connectivity index (χ0) is 12.3. The van der Waals surface area contributed by atoms with E-state index in [1.807, 2.05) is 0 Å². The average Bonchev–Trinajstić information content (AvgIpc) is 2.73. The zero-order valence-corrected chi connectivity index (χ0v) is 11.0. The van der Waals surface area contributed by atoms with Crippen molar-refractivity contribution in [2.24, 2.45) is 23.5 Å². The first-order chi connectivity index (χ1) is 8.16. The molecule has 4 unspecified atom stereocenters. The summed E-state index contributed by atoms with van der Waals surface area (Å²) in [5.41, 5.74) is 6.02. The smallest absolute Gasteiger partial charge is 0.224 e. The van der Waals surface area contributed by atoms with E-state index in [-0.39, 0.29) is 17.9 Å². The molecule has 2 fully saturated rings. The van der Waals surface area contributed by atoms with Crippen LogP contribution in [0.3, 0.4) is 0 Å². The number of hydrogen-bond donors (Lipinski definition) is 2. The summed E-state index contributed by atoms with van der Waals surface area (Å²) in [4.78, 5) is 12.1. The standard InChI is InChI=1S/C14H26N2O/c1-10-6-7-11(8-10)9-16-14(17)12-4-2-3-5-13(12)15/h10-13H,2-9,15H2,1H3,(H,16,17). The van der Waals surface area contributed by atoms with Crippen LogP contribution in [0.4, 0.5) is 0 Å². The highest BCUT2D eigenvalue weighted by molar-refractivity contribution is 5.79. The molecule has 0 bridgehead atoms. The SMILES string of the molecule is CC1CCC(CNC(=O)C2CCCCC2N)C1. The van der Waals surface area contributed by atoms with E-state index in [0.29, 0.717) is 5.92 Å². The lowest BCUT2D eigenvalue weighted by molar-refractivity contribution is -0.126. The van der Waals surface area contributed by atoms with Gasteiger partial charge in [-0.3, -0.25) is 4.79 Å². The van der Waals surface area contributed by atoms with Crippen LogP contribution in [0.15, 0.2) is 0 Å². The lowest BCUT2D eigenvalue weighted by Gasteiger charge is -2.27. The van der Waals surface area contributed by atoms with Gasteiger partial charge in [0.2, 0.25) is 5.91 Å². The van der Waals surface area contributed by atoms with Crippen molar-refractivity contribution in [3.8, 4) is 0 Å². The van der Waals surface area contributed by atoms with Gasteiger partial charge in [0.15, 0.2) is 0 Å². The average molecular weight is 238 g/mol. The molecule has 3 N–H and O–H groups in total. The Kier molecular flexibility index (Phi) is 4.43. The molecule has 2 aliphatic carbocycles. The first-order valence-electron chi connectivity index (χ1n) is 7.20. The van der Waals surface area contributed by atoms with Crippen LogP contribution in [0.2, 0.25) is 0 Å². The Balaban J connectivity index is 1.73. The summed E-state index contributed by atoms with van der Waals surface area (Å²) < 4.78 is 0. The van der Waals surface area contributed by atoms with E-state index in [1.54, 1.807) is 0 Å². The van der Waals surface area contributed by atoms with Gasteiger partial charge in [-0.1, -0.05) is 26.2 Å². The molecule has 2 saturated carbocycles. The molecular formula is C14H26N2O. The van der Waals surface area contributed by atoms with Crippen LogP contribution in [0.5, 0.6) is 0 Å². The molecule has 2 rings (SSSR count). The molecule has 0 aromatic carbocycles. The lowest BCUT2D eigenvalue weighted by atomic mass is 9.84. The van der Waals surface area contributed by atoms with Crippen LogP contribution < -0.4 is 11.1 Å². The van der Waals surface area contributed by atoms with Crippen molar-refractivity contribution in [3.63, 3.8) is 0 Å². The van der Waals surface area contributed by atoms with E-state index in [2.05, 4.69) is 12.2 Å². The number of nitrogens with one attached hydrogen (secondary N) is 1. The maximum Gasteiger partial charge on any atom is 0.224 e. The van der Waals surface area contributed by atoms with Crippen molar-refractivity contribution >= 4 is 5.91 Å². The molecule has 4 atom stereocenters. The Morgan fingerprint density at radius 3 is 2.65 bits per heavy atom. The van der Waals surface area contributed by atoms with Crippen LogP contribution in [0, 0.1) is 17.8 Å². The van der Waals surface area contributed by atoms with Crippen LogP contribution in [0.25, 0.3) is 0 Å². The highest BCUT2D eigenvalue weighted by Gasteiger charge is 2.29. The van der Waals surface area contributed by atoms with Crippen molar-refractivity contribution in [2.45, 2.75) is 57.9 Å². The minimum atomic E-state index is 0.0718. The van der Waals surface area contributed by atoms with Gasteiger partial charge in [0.25, 0.3) is 0 Å². The fourth-order valence-corrected chi connectivity index (χ4v) is 3.37. The van der Waals surface area contributed by atoms with Crippen LogP contribution in [0.1, 0.15) is 51.9 Å². The molecule has 0 aromatic rings. The Morgan fingerprint density at radius 1 is 1.24 bits per heavy atom. The van der Waals surface area contributed by atoms with E-state index in [0.717, 1.165) is 31.7 Å². The van der Waals surface area contributed by atoms with E-state index >= 15 is 0 Å². The van der Waals surface area contributed by atoms with Crippen LogP contribution >= 0.6 is 0 Å². The van der Waals surface area contributed by atoms with Gasteiger partial charge in [-0.05, 0) is 37.5 Å². The Labute approximate surface area is 105 Å². The number of nitrogens with two attached hydrogens (primary N) is 1. The molecule has 0 saturated heterocycles. The second-order valence-corrected chi connectivity index (χ2v) is 6.08. The summed E-state index contributed by atoms with van der Waals surface area (Å²) in [7, 11) is 0. The van der Waals surface area contributed by atoms with Crippen molar-refractivity contribution in [2.75, 3.05) is 6.54 Å². The van der Waals surface area contributed by atoms with Gasteiger partial charge in [-0.25, -0.2) is 0 Å². The molecule has 0 heterocycles. The van der Waals surface area contributed by atoms with Crippen molar-refractivity contribution in [3.05, 3.63) is 0 Å². The summed E-state index contributed by atoms with van der Waals surface area (Å²) >= 11 is 0. The van der Waals surface area contributed by atoms with E-state index in [9.17, 15) is 4.79 Å².